The second-order valence-corrected chi connectivity index (χ2v) is 5.23. The number of ether oxygens (including phenoxy) is 1. The van der Waals surface area contributed by atoms with Crippen molar-refractivity contribution in [2.24, 2.45) is 5.92 Å². The van der Waals surface area contributed by atoms with Gasteiger partial charge in [0.15, 0.2) is 0 Å². The summed E-state index contributed by atoms with van der Waals surface area (Å²) in [4.78, 5) is 10.9. The van der Waals surface area contributed by atoms with Crippen molar-refractivity contribution < 1.29 is 14.6 Å². The second kappa shape index (κ2) is 8.83. The Kier molecular flexibility index (Phi) is 7.38. The average molecular weight is 264 g/mol. The standard InChI is InChI=1S/C16H24O3/c1-13(10-16(18)11-14(2)17)8-9-19-12-15-6-4-3-5-7-15/h3-7,13,16,18H,8-12H2,1-2H3/t13-,16-/m0/s1. The van der Waals surface area contributed by atoms with Crippen LogP contribution in [-0.4, -0.2) is 23.6 Å². The molecule has 3 heteroatoms. The monoisotopic (exact) mass is 264 g/mol. The van der Waals surface area contributed by atoms with Gasteiger partial charge in [0, 0.05) is 13.0 Å². The van der Waals surface area contributed by atoms with E-state index in [-0.39, 0.29) is 12.2 Å². The molecule has 1 aromatic carbocycles. The molecule has 106 valence electrons. The van der Waals surface area contributed by atoms with Crippen LogP contribution in [0.5, 0.6) is 0 Å². The summed E-state index contributed by atoms with van der Waals surface area (Å²) in [5.41, 5.74) is 1.17. The van der Waals surface area contributed by atoms with E-state index in [0.29, 0.717) is 25.6 Å². The first-order valence-corrected chi connectivity index (χ1v) is 6.87. The number of rotatable bonds is 9. The predicted octanol–water partition coefficient (Wildman–Crippen LogP) is 2.96. The molecule has 1 aromatic rings. The first kappa shape index (κ1) is 15.9. The molecule has 0 bridgehead atoms. The molecule has 2 atom stereocenters. The Bertz CT molecular complexity index is 362. The number of carbonyl (C=O) groups excluding carboxylic acids is 1. The van der Waals surface area contributed by atoms with E-state index in [4.69, 9.17) is 4.74 Å². The molecule has 0 amide bonds. The molecule has 0 aliphatic carbocycles. The van der Waals surface area contributed by atoms with Crippen LogP contribution in [0.15, 0.2) is 30.3 Å². The van der Waals surface area contributed by atoms with Gasteiger partial charge < -0.3 is 9.84 Å². The van der Waals surface area contributed by atoms with Crippen LogP contribution in [0.1, 0.15) is 38.7 Å². The van der Waals surface area contributed by atoms with Crippen molar-refractivity contribution in [3.63, 3.8) is 0 Å². The van der Waals surface area contributed by atoms with Gasteiger partial charge in [-0.05, 0) is 31.2 Å². The quantitative estimate of drug-likeness (QED) is 0.697. The van der Waals surface area contributed by atoms with Crippen LogP contribution in [-0.2, 0) is 16.1 Å². The Hall–Kier alpha value is -1.19. The Morgan fingerprint density at radius 1 is 1.32 bits per heavy atom. The number of aliphatic hydroxyl groups excluding tert-OH is 1. The number of hydrogen-bond donors (Lipinski definition) is 1. The molecule has 0 aliphatic rings. The van der Waals surface area contributed by atoms with Gasteiger partial charge in [-0.1, -0.05) is 37.3 Å². The third-order valence-corrected chi connectivity index (χ3v) is 3.06. The third-order valence-electron chi connectivity index (χ3n) is 3.06. The van der Waals surface area contributed by atoms with Crippen molar-refractivity contribution in [3.05, 3.63) is 35.9 Å². The second-order valence-electron chi connectivity index (χ2n) is 5.23. The average Bonchev–Trinajstić information content (AvgIpc) is 2.35. The predicted molar refractivity (Wildman–Crippen MR) is 75.8 cm³/mol. The highest BCUT2D eigenvalue weighted by atomic mass is 16.5. The molecule has 3 nitrogen and oxygen atoms in total. The molecule has 19 heavy (non-hydrogen) atoms. The highest BCUT2D eigenvalue weighted by molar-refractivity contribution is 5.75. The van der Waals surface area contributed by atoms with Crippen LogP contribution in [0, 0.1) is 5.92 Å². The lowest BCUT2D eigenvalue weighted by atomic mass is 9.98. The minimum absolute atomic E-state index is 0.0417. The third kappa shape index (κ3) is 7.75. The minimum atomic E-state index is -0.512. The van der Waals surface area contributed by atoms with E-state index in [9.17, 15) is 9.90 Å². The van der Waals surface area contributed by atoms with Crippen LogP contribution in [0.3, 0.4) is 0 Å². The van der Waals surface area contributed by atoms with Crippen molar-refractivity contribution in [2.75, 3.05) is 6.61 Å². The SMILES string of the molecule is CC(=O)C[C@@H](O)C[C@@H](C)CCOCc1ccccc1. The Morgan fingerprint density at radius 3 is 2.63 bits per heavy atom. The van der Waals surface area contributed by atoms with Gasteiger partial charge in [0.1, 0.15) is 5.78 Å². The molecule has 0 saturated carbocycles. The zero-order chi connectivity index (χ0) is 14.1. The smallest absolute Gasteiger partial charge is 0.132 e. The van der Waals surface area contributed by atoms with Crippen LogP contribution >= 0.6 is 0 Å². The maximum absolute atomic E-state index is 10.9. The Balaban J connectivity index is 2.10. The first-order valence-electron chi connectivity index (χ1n) is 6.87. The maximum Gasteiger partial charge on any atom is 0.132 e. The van der Waals surface area contributed by atoms with Crippen molar-refractivity contribution in [3.8, 4) is 0 Å². The number of carbonyl (C=O) groups is 1. The summed E-state index contributed by atoms with van der Waals surface area (Å²) in [5, 5.41) is 9.66. The van der Waals surface area contributed by atoms with Crippen LogP contribution in [0.25, 0.3) is 0 Å². The molecular weight excluding hydrogens is 240 g/mol. The normalized spacial score (nSPS) is 14.1. The largest absolute Gasteiger partial charge is 0.393 e. The fraction of sp³-hybridized carbons (Fsp3) is 0.562. The minimum Gasteiger partial charge on any atom is -0.393 e. The Morgan fingerprint density at radius 2 is 2.00 bits per heavy atom. The number of benzene rings is 1. The van der Waals surface area contributed by atoms with E-state index >= 15 is 0 Å². The lowest BCUT2D eigenvalue weighted by Gasteiger charge is -2.15. The highest BCUT2D eigenvalue weighted by Gasteiger charge is 2.12. The van der Waals surface area contributed by atoms with E-state index in [2.05, 4.69) is 6.92 Å². The maximum atomic E-state index is 10.9. The molecule has 0 saturated heterocycles. The molecule has 0 radical (unpaired) electrons. The number of aliphatic hydroxyl groups is 1. The van der Waals surface area contributed by atoms with Gasteiger partial charge in [0.2, 0.25) is 0 Å². The number of Topliss-reactive ketones (excluding diaryl/α,β-unsaturated/α-hetero) is 1. The number of hydrogen-bond acceptors (Lipinski definition) is 3. The van der Waals surface area contributed by atoms with Gasteiger partial charge in [-0.3, -0.25) is 4.79 Å². The molecule has 1 N–H and O–H groups in total. The summed E-state index contributed by atoms with van der Waals surface area (Å²) in [6.07, 6.45) is 1.31. The fourth-order valence-electron chi connectivity index (χ4n) is 2.05. The van der Waals surface area contributed by atoms with Gasteiger partial charge in [-0.25, -0.2) is 0 Å². The van der Waals surface area contributed by atoms with Crippen LogP contribution in [0.4, 0.5) is 0 Å². The zero-order valence-electron chi connectivity index (χ0n) is 11.8. The van der Waals surface area contributed by atoms with E-state index < -0.39 is 6.10 Å². The lowest BCUT2D eigenvalue weighted by molar-refractivity contribution is -0.119. The first-order chi connectivity index (χ1) is 9.08. The molecule has 1 rings (SSSR count). The fourth-order valence-corrected chi connectivity index (χ4v) is 2.05. The van der Waals surface area contributed by atoms with Crippen LogP contribution < -0.4 is 0 Å². The topological polar surface area (TPSA) is 46.5 Å². The van der Waals surface area contributed by atoms with Gasteiger partial charge >= 0.3 is 0 Å². The summed E-state index contributed by atoms with van der Waals surface area (Å²) >= 11 is 0. The molecule has 0 aromatic heterocycles. The van der Waals surface area contributed by atoms with Gasteiger partial charge in [-0.2, -0.15) is 0 Å². The molecule has 0 aliphatic heterocycles. The molecule has 0 heterocycles. The van der Waals surface area contributed by atoms with Gasteiger partial charge in [0.25, 0.3) is 0 Å². The summed E-state index contributed by atoms with van der Waals surface area (Å²) in [5.74, 6) is 0.408. The van der Waals surface area contributed by atoms with E-state index in [1.54, 1.807) is 0 Å². The van der Waals surface area contributed by atoms with E-state index in [1.165, 1.54) is 12.5 Å². The summed E-state index contributed by atoms with van der Waals surface area (Å²) in [6, 6.07) is 10.1. The van der Waals surface area contributed by atoms with Crippen LogP contribution in [0.2, 0.25) is 0 Å². The van der Waals surface area contributed by atoms with Crippen molar-refractivity contribution in [1.82, 2.24) is 0 Å². The number of ketones is 1. The molecule has 0 unspecified atom stereocenters. The highest BCUT2D eigenvalue weighted by Crippen LogP contribution is 2.13. The van der Waals surface area contributed by atoms with E-state index in [0.717, 1.165) is 6.42 Å². The molecule has 0 spiro atoms. The van der Waals surface area contributed by atoms with Gasteiger partial charge in [-0.15, -0.1) is 0 Å². The van der Waals surface area contributed by atoms with Crippen molar-refractivity contribution in [2.45, 2.75) is 45.8 Å². The Labute approximate surface area is 115 Å². The molecular formula is C16H24O3. The molecule has 0 fully saturated rings. The zero-order valence-corrected chi connectivity index (χ0v) is 11.8. The van der Waals surface area contributed by atoms with E-state index in [1.807, 2.05) is 30.3 Å². The summed E-state index contributed by atoms with van der Waals surface area (Å²) < 4.78 is 5.60. The summed E-state index contributed by atoms with van der Waals surface area (Å²) in [7, 11) is 0. The van der Waals surface area contributed by atoms with Crippen molar-refractivity contribution >= 4 is 5.78 Å². The van der Waals surface area contributed by atoms with Gasteiger partial charge in [0.05, 0.1) is 12.7 Å². The lowest BCUT2D eigenvalue weighted by Crippen LogP contribution is -2.16. The van der Waals surface area contributed by atoms with Crippen molar-refractivity contribution in [1.29, 1.82) is 0 Å². The summed E-state index contributed by atoms with van der Waals surface area (Å²) in [6.45, 7) is 4.90.